The molecule has 3 N–H and O–H groups in total. The molecule has 1 rings (SSSR count). The van der Waals surface area contributed by atoms with Gasteiger partial charge in [0, 0.05) is 12.1 Å². The van der Waals surface area contributed by atoms with E-state index < -0.39 is 12.5 Å². The van der Waals surface area contributed by atoms with Gasteiger partial charge in [0.05, 0.1) is 7.11 Å². The van der Waals surface area contributed by atoms with Crippen molar-refractivity contribution in [2.45, 2.75) is 46.1 Å². The first-order chi connectivity index (χ1) is 12.9. The SMILES string of the molecule is CCCCC[C@H](C)CNC(=S)NNC(=O)c1ccc(OC(F)F)c(OC)c1. The summed E-state index contributed by atoms with van der Waals surface area (Å²) in [5.41, 5.74) is 5.27. The highest BCUT2D eigenvalue weighted by Crippen LogP contribution is 2.29. The zero-order chi connectivity index (χ0) is 20.2. The number of carbonyl (C=O) groups excluding carboxylic acids is 1. The van der Waals surface area contributed by atoms with Crippen LogP contribution in [-0.2, 0) is 0 Å². The molecule has 0 spiro atoms. The minimum absolute atomic E-state index is 0.0320. The molecule has 1 aromatic carbocycles. The highest BCUT2D eigenvalue weighted by atomic mass is 32.1. The van der Waals surface area contributed by atoms with E-state index in [0.29, 0.717) is 17.6 Å². The Balaban J connectivity index is 2.46. The molecule has 1 amide bonds. The zero-order valence-electron chi connectivity index (χ0n) is 15.8. The number of nitrogens with one attached hydrogen (secondary N) is 3. The number of thiocarbonyl (C=S) groups is 1. The van der Waals surface area contributed by atoms with Gasteiger partial charge in [0.2, 0.25) is 0 Å². The molecule has 0 saturated carbocycles. The highest BCUT2D eigenvalue weighted by Gasteiger charge is 2.14. The van der Waals surface area contributed by atoms with E-state index in [-0.39, 0.29) is 17.1 Å². The van der Waals surface area contributed by atoms with E-state index in [1.807, 2.05) is 0 Å². The fourth-order valence-electron chi connectivity index (χ4n) is 2.34. The summed E-state index contributed by atoms with van der Waals surface area (Å²) < 4.78 is 34.0. The number of benzene rings is 1. The minimum Gasteiger partial charge on any atom is -0.493 e. The highest BCUT2D eigenvalue weighted by molar-refractivity contribution is 7.80. The molecular formula is C18H27F2N3O3S. The second-order valence-corrected chi connectivity index (χ2v) is 6.54. The number of hydrogen-bond donors (Lipinski definition) is 3. The van der Waals surface area contributed by atoms with Gasteiger partial charge >= 0.3 is 6.61 Å². The van der Waals surface area contributed by atoms with Gasteiger partial charge in [-0.05, 0) is 42.8 Å². The molecule has 0 saturated heterocycles. The first-order valence-corrected chi connectivity index (χ1v) is 9.25. The monoisotopic (exact) mass is 403 g/mol. The Kier molecular flexibility index (Phi) is 10.4. The third-order valence-electron chi connectivity index (χ3n) is 3.84. The van der Waals surface area contributed by atoms with Crippen LogP contribution >= 0.6 is 12.2 Å². The number of hydrazine groups is 1. The molecule has 27 heavy (non-hydrogen) atoms. The Bertz CT molecular complexity index is 618. The minimum atomic E-state index is -2.98. The molecule has 0 aliphatic heterocycles. The molecule has 0 aliphatic carbocycles. The lowest BCUT2D eigenvalue weighted by atomic mass is 10.0. The van der Waals surface area contributed by atoms with Crippen molar-refractivity contribution in [3.8, 4) is 11.5 Å². The van der Waals surface area contributed by atoms with Crippen molar-refractivity contribution in [1.82, 2.24) is 16.2 Å². The van der Waals surface area contributed by atoms with E-state index in [2.05, 4.69) is 34.8 Å². The number of rotatable bonds is 10. The molecule has 1 atom stereocenters. The molecule has 0 unspecified atom stereocenters. The van der Waals surface area contributed by atoms with Crippen molar-refractivity contribution in [1.29, 1.82) is 0 Å². The standard InChI is InChI=1S/C18H27F2N3O3S/c1-4-5-6-7-12(2)11-21-18(27)23-22-16(24)13-8-9-14(26-17(19)20)15(10-13)25-3/h8-10,12,17H,4-7,11H2,1-3H3,(H,22,24)(H2,21,23,27)/t12-/m0/s1. The van der Waals surface area contributed by atoms with E-state index in [1.165, 1.54) is 44.6 Å². The predicted octanol–water partition coefficient (Wildman–Crippen LogP) is 3.62. The van der Waals surface area contributed by atoms with Crippen LogP contribution in [0.3, 0.4) is 0 Å². The molecule has 0 fully saturated rings. The van der Waals surface area contributed by atoms with Crippen molar-refractivity contribution in [2.75, 3.05) is 13.7 Å². The smallest absolute Gasteiger partial charge is 0.387 e. The zero-order valence-corrected chi connectivity index (χ0v) is 16.6. The summed E-state index contributed by atoms with van der Waals surface area (Å²) in [7, 11) is 1.30. The average molecular weight is 403 g/mol. The maximum Gasteiger partial charge on any atom is 0.387 e. The van der Waals surface area contributed by atoms with Gasteiger partial charge in [0.25, 0.3) is 5.91 Å². The maximum absolute atomic E-state index is 12.3. The van der Waals surface area contributed by atoms with Gasteiger partial charge in [-0.1, -0.05) is 33.1 Å². The first-order valence-electron chi connectivity index (χ1n) is 8.84. The molecule has 152 valence electrons. The summed E-state index contributed by atoms with van der Waals surface area (Å²) in [6.45, 7) is 2.03. The third kappa shape index (κ3) is 8.85. The first kappa shape index (κ1) is 22.9. The number of carbonyl (C=O) groups is 1. The summed E-state index contributed by atoms with van der Waals surface area (Å²) in [6.07, 6.45) is 4.70. The number of halogens is 2. The lowest BCUT2D eigenvalue weighted by molar-refractivity contribution is -0.0512. The second kappa shape index (κ2) is 12.3. The largest absolute Gasteiger partial charge is 0.493 e. The molecule has 0 aromatic heterocycles. The Hall–Kier alpha value is -2.16. The molecule has 0 bridgehead atoms. The van der Waals surface area contributed by atoms with Crippen LogP contribution in [0.25, 0.3) is 0 Å². The van der Waals surface area contributed by atoms with Crippen molar-refractivity contribution in [3.63, 3.8) is 0 Å². The fourth-order valence-corrected chi connectivity index (χ4v) is 2.48. The van der Waals surface area contributed by atoms with Crippen molar-refractivity contribution >= 4 is 23.2 Å². The summed E-state index contributed by atoms with van der Waals surface area (Å²) in [4.78, 5) is 12.2. The molecule has 1 aromatic rings. The molecule has 9 heteroatoms. The number of amides is 1. The van der Waals surface area contributed by atoms with E-state index >= 15 is 0 Å². The molecule has 0 aliphatic rings. The van der Waals surface area contributed by atoms with Crippen LogP contribution in [0.4, 0.5) is 8.78 Å². The van der Waals surface area contributed by atoms with E-state index in [0.717, 1.165) is 6.42 Å². The van der Waals surface area contributed by atoms with Gasteiger partial charge in [-0.15, -0.1) is 0 Å². The van der Waals surface area contributed by atoms with Gasteiger partial charge in [-0.3, -0.25) is 15.6 Å². The van der Waals surface area contributed by atoms with Crippen LogP contribution in [0.2, 0.25) is 0 Å². The number of alkyl halides is 2. The second-order valence-electron chi connectivity index (χ2n) is 6.13. The Morgan fingerprint density at radius 1 is 1.22 bits per heavy atom. The van der Waals surface area contributed by atoms with Crippen LogP contribution < -0.4 is 25.6 Å². The number of methoxy groups -OCH3 is 1. The number of hydrogen-bond acceptors (Lipinski definition) is 4. The predicted molar refractivity (Wildman–Crippen MR) is 104 cm³/mol. The van der Waals surface area contributed by atoms with Crippen LogP contribution in [-0.4, -0.2) is 31.3 Å². The van der Waals surface area contributed by atoms with Crippen LogP contribution in [0.5, 0.6) is 11.5 Å². The fraction of sp³-hybridized carbons (Fsp3) is 0.556. The summed E-state index contributed by atoms with van der Waals surface area (Å²) in [6, 6.07) is 3.90. The van der Waals surface area contributed by atoms with Gasteiger partial charge in [-0.2, -0.15) is 8.78 Å². The van der Waals surface area contributed by atoms with Crippen molar-refractivity contribution < 1.29 is 23.0 Å². The third-order valence-corrected chi connectivity index (χ3v) is 4.09. The molecular weight excluding hydrogens is 376 g/mol. The maximum atomic E-state index is 12.3. The van der Waals surface area contributed by atoms with E-state index in [4.69, 9.17) is 17.0 Å². The molecule has 0 radical (unpaired) electrons. The number of ether oxygens (including phenoxy) is 2. The van der Waals surface area contributed by atoms with Crippen LogP contribution in [0.15, 0.2) is 18.2 Å². The van der Waals surface area contributed by atoms with Crippen molar-refractivity contribution in [2.24, 2.45) is 5.92 Å². The van der Waals surface area contributed by atoms with E-state index in [9.17, 15) is 13.6 Å². The van der Waals surface area contributed by atoms with E-state index in [1.54, 1.807) is 0 Å². The quantitative estimate of drug-likeness (QED) is 0.315. The summed E-state index contributed by atoms with van der Waals surface area (Å²) >= 11 is 5.13. The van der Waals surface area contributed by atoms with Gasteiger partial charge in [0.15, 0.2) is 16.6 Å². The van der Waals surface area contributed by atoms with Gasteiger partial charge in [0.1, 0.15) is 0 Å². The van der Waals surface area contributed by atoms with Crippen LogP contribution in [0.1, 0.15) is 49.9 Å². The Morgan fingerprint density at radius 3 is 2.59 bits per heavy atom. The van der Waals surface area contributed by atoms with Crippen molar-refractivity contribution in [3.05, 3.63) is 23.8 Å². The molecule has 0 heterocycles. The Morgan fingerprint density at radius 2 is 1.96 bits per heavy atom. The topological polar surface area (TPSA) is 71.6 Å². The normalized spacial score (nSPS) is 11.6. The lowest BCUT2D eigenvalue weighted by Gasteiger charge is -2.16. The van der Waals surface area contributed by atoms with Crippen LogP contribution in [0, 0.1) is 5.92 Å². The lowest BCUT2D eigenvalue weighted by Crippen LogP contribution is -2.47. The molecule has 6 nitrogen and oxygen atoms in total. The summed E-state index contributed by atoms with van der Waals surface area (Å²) in [5, 5.41) is 3.35. The van der Waals surface area contributed by atoms with Gasteiger partial charge < -0.3 is 14.8 Å². The Labute approximate surface area is 164 Å². The number of unbranched alkanes of at least 4 members (excludes halogenated alkanes) is 2. The average Bonchev–Trinajstić information content (AvgIpc) is 2.64. The van der Waals surface area contributed by atoms with Gasteiger partial charge in [-0.25, -0.2) is 0 Å². The summed E-state index contributed by atoms with van der Waals surface area (Å²) in [5.74, 6) is -0.133.